The average Bonchev–Trinajstić information content (AvgIpc) is 3.33. The Morgan fingerprint density at radius 1 is 1.03 bits per heavy atom. The minimum absolute atomic E-state index is 0.0108. The minimum atomic E-state index is -0.362. The summed E-state index contributed by atoms with van der Waals surface area (Å²) in [4.78, 5) is 32.4. The Balaban J connectivity index is 1.40. The normalized spacial score (nSPS) is 24.2. The predicted octanol–water partition coefficient (Wildman–Crippen LogP) is 3.23. The van der Waals surface area contributed by atoms with Crippen LogP contribution in [-0.2, 0) is 9.59 Å². The summed E-state index contributed by atoms with van der Waals surface area (Å²) in [7, 11) is 0. The highest BCUT2D eigenvalue weighted by atomic mass is 16.2. The number of hydrogen-bond donors (Lipinski definition) is 2. The van der Waals surface area contributed by atoms with Crippen molar-refractivity contribution in [3.63, 3.8) is 0 Å². The van der Waals surface area contributed by atoms with Gasteiger partial charge in [-0.1, -0.05) is 36.4 Å². The zero-order valence-electron chi connectivity index (χ0n) is 18.7. The van der Waals surface area contributed by atoms with Gasteiger partial charge in [-0.25, -0.2) is 0 Å². The summed E-state index contributed by atoms with van der Waals surface area (Å²) in [6, 6.07) is 13.9. The molecular weight excluding hydrogens is 400 g/mol. The Bertz CT molecular complexity index is 842. The van der Waals surface area contributed by atoms with Gasteiger partial charge in [0, 0.05) is 43.9 Å². The van der Waals surface area contributed by atoms with Crippen LogP contribution in [0.4, 0.5) is 0 Å². The van der Waals surface area contributed by atoms with Crippen molar-refractivity contribution in [3.8, 4) is 0 Å². The van der Waals surface area contributed by atoms with E-state index in [1.165, 1.54) is 0 Å². The number of benzene rings is 1. The maximum atomic E-state index is 13.4. The Morgan fingerprint density at radius 2 is 1.78 bits per heavy atom. The van der Waals surface area contributed by atoms with Crippen LogP contribution in [0.5, 0.6) is 0 Å². The molecule has 3 N–H and O–H groups in total. The number of amides is 2. The molecule has 170 valence electrons. The third kappa shape index (κ3) is 5.54. The standard InChI is InChI=1S/C26H34N4O2/c27-22-12-10-19(11-13-22)17-29-26(32)24-9-5-15-30(24)25(31)16-23(20-6-2-1-3-7-20)21-8-4-14-28-18-21/h1-4,6-8,14,18-19,22-24H,5,9-13,15-17,27H2,(H,29,32)/t19?,22?,23?,24-/m0/s1. The van der Waals surface area contributed by atoms with Gasteiger partial charge < -0.3 is 16.0 Å². The van der Waals surface area contributed by atoms with E-state index < -0.39 is 0 Å². The summed E-state index contributed by atoms with van der Waals surface area (Å²) >= 11 is 0. The molecule has 6 nitrogen and oxygen atoms in total. The van der Waals surface area contributed by atoms with E-state index in [2.05, 4.69) is 22.4 Å². The summed E-state index contributed by atoms with van der Waals surface area (Å²) in [6.45, 7) is 1.33. The first kappa shape index (κ1) is 22.5. The first-order valence-electron chi connectivity index (χ1n) is 11.9. The van der Waals surface area contributed by atoms with Crippen LogP contribution in [0.15, 0.2) is 54.9 Å². The van der Waals surface area contributed by atoms with Crippen LogP contribution < -0.4 is 11.1 Å². The van der Waals surface area contributed by atoms with Gasteiger partial charge in [0.05, 0.1) is 0 Å². The molecule has 2 heterocycles. The zero-order valence-corrected chi connectivity index (χ0v) is 18.7. The number of nitrogens with two attached hydrogens (primary N) is 1. The van der Waals surface area contributed by atoms with Crippen LogP contribution in [0.1, 0.15) is 62.0 Å². The van der Waals surface area contributed by atoms with Crippen LogP contribution in [0.3, 0.4) is 0 Å². The van der Waals surface area contributed by atoms with E-state index in [1.54, 1.807) is 11.1 Å². The highest BCUT2D eigenvalue weighted by Crippen LogP contribution is 2.30. The third-order valence-electron chi connectivity index (χ3n) is 7.00. The van der Waals surface area contributed by atoms with Gasteiger partial charge in [0.2, 0.25) is 11.8 Å². The van der Waals surface area contributed by atoms with Gasteiger partial charge in [-0.15, -0.1) is 0 Å². The first-order chi connectivity index (χ1) is 15.6. The maximum Gasteiger partial charge on any atom is 0.242 e. The third-order valence-corrected chi connectivity index (χ3v) is 7.00. The van der Waals surface area contributed by atoms with Gasteiger partial charge in [-0.05, 0) is 61.6 Å². The van der Waals surface area contributed by atoms with Crippen molar-refractivity contribution in [3.05, 3.63) is 66.0 Å². The van der Waals surface area contributed by atoms with Gasteiger partial charge in [-0.3, -0.25) is 14.6 Å². The van der Waals surface area contributed by atoms with Gasteiger partial charge >= 0.3 is 0 Å². The summed E-state index contributed by atoms with van der Waals surface area (Å²) in [5, 5.41) is 3.13. The Morgan fingerprint density at radius 3 is 2.50 bits per heavy atom. The molecule has 2 atom stereocenters. The SMILES string of the molecule is NC1CCC(CNC(=O)[C@@H]2CCCN2C(=O)CC(c2ccccc2)c2cccnc2)CC1. The van der Waals surface area contributed by atoms with E-state index in [4.69, 9.17) is 5.73 Å². The lowest BCUT2D eigenvalue weighted by atomic mass is 9.86. The second-order valence-corrected chi connectivity index (χ2v) is 9.22. The van der Waals surface area contributed by atoms with E-state index in [-0.39, 0.29) is 23.8 Å². The molecule has 1 aliphatic heterocycles. The summed E-state index contributed by atoms with van der Waals surface area (Å²) in [5.74, 6) is 0.442. The number of nitrogens with zero attached hydrogens (tertiary/aromatic N) is 2. The van der Waals surface area contributed by atoms with Crippen molar-refractivity contribution >= 4 is 11.8 Å². The number of likely N-dealkylation sites (tertiary alicyclic amines) is 1. The van der Waals surface area contributed by atoms with Crippen molar-refractivity contribution in [2.45, 2.75) is 62.9 Å². The number of pyridine rings is 1. The van der Waals surface area contributed by atoms with Crippen LogP contribution in [0.25, 0.3) is 0 Å². The van der Waals surface area contributed by atoms with E-state index in [1.807, 2.05) is 36.5 Å². The topological polar surface area (TPSA) is 88.3 Å². The van der Waals surface area contributed by atoms with Crippen molar-refractivity contribution in [1.82, 2.24) is 15.2 Å². The lowest BCUT2D eigenvalue weighted by Crippen LogP contribution is -2.47. The molecule has 4 rings (SSSR count). The average molecular weight is 435 g/mol. The number of carbonyl (C=O) groups is 2. The van der Waals surface area contributed by atoms with Gasteiger partial charge in [0.1, 0.15) is 6.04 Å². The number of nitrogens with one attached hydrogen (secondary N) is 1. The monoisotopic (exact) mass is 434 g/mol. The molecule has 2 aromatic rings. The molecule has 1 aliphatic carbocycles. The molecule has 0 spiro atoms. The quantitative estimate of drug-likeness (QED) is 0.700. The molecule has 1 saturated heterocycles. The predicted molar refractivity (Wildman–Crippen MR) is 125 cm³/mol. The van der Waals surface area contributed by atoms with Crippen molar-refractivity contribution in [2.24, 2.45) is 11.7 Å². The minimum Gasteiger partial charge on any atom is -0.354 e. The van der Waals surface area contributed by atoms with E-state index >= 15 is 0 Å². The summed E-state index contributed by atoms with van der Waals surface area (Å²) in [6.07, 6.45) is 9.70. The highest BCUT2D eigenvalue weighted by molar-refractivity contribution is 5.88. The first-order valence-corrected chi connectivity index (χ1v) is 11.9. The molecule has 0 radical (unpaired) electrons. The van der Waals surface area contributed by atoms with Gasteiger partial charge in [0.15, 0.2) is 0 Å². The number of aromatic nitrogens is 1. The lowest BCUT2D eigenvalue weighted by molar-refractivity contribution is -0.138. The fourth-order valence-electron chi connectivity index (χ4n) is 5.08. The van der Waals surface area contributed by atoms with E-state index in [0.29, 0.717) is 31.5 Å². The van der Waals surface area contributed by atoms with Crippen LogP contribution in [-0.4, -0.2) is 46.9 Å². The highest BCUT2D eigenvalue weighted by Gasteiger charge is 2.35. The number of hydrogen-bond acceptors (Lipinski definition) is 4. The van der Waals surface area contributed by atoms with Crippen molar-refractivity contribution in [2.75, 3.05) is 13.1 Å². The van der Waals surface area contributed by atoms with Crippen LogP contribution >= 0.6 is 0 Å². The molecule has 2 fully saturated rings. The van der Waals surface area contributed by atoms with Gasteiger partial charge in [0.25, 0.3) is 0 Å². The Kier molecular flexibility index (Phi) is 7.53. The molecule has 2 amide bonds. The molecule has 6 heteroatoms. The second-order valence-electron chi connectivity index (χ2n) is 9.22. The fourth-order valence-corrected chi connectivity index (χ4v) is 5.08. The summed E-state index contributed by atoms with van der Waals surface area (Å²) < 4.78 is 0. The van der Waals surface area contributed by atoms with Gasteiger partial charge in [-0.2, -0.15) is 0 Å². The fraction of sp³-hybridized carbons (Fsp3) is 0.500. The molecule has 2 aliphatic rings. The molecule has 32 heavy (non-hydrogen) atoms. The van der Waals surface area contributed by atoms with Crippen molar-refractivity contribution < 1.29 is 9.59 Å². The molecule has 1 aromatic carbocycles. The van der Waals surface area contributed by atoms with E-state index in [9.17, 15) is 9.59 Å². The van der Waals surface area contributed by atoms with Crippen molar-refractivity contribution in [1.29, 1.82) is 0 Å². The number of carbonyl (C=O) groups excluding carboxylic acids is 2. The zero-order chi connectivity index (χ0) is 22.3. The molecule has 1 aromatic heterocycles. The van der Waals surface area contributed by atoms with E-state index in [0.717, 1.165) is 49.7 Å². The molecular formula is C26H34N4O2. The molecule has 0 bridgehead atoms. The maximum absolute atomic E-state index is 13.4. The Labute approximate surface area is 190 Å². The summed E-state index contributed by atoms with van der Waals surface area (Å²) in [5.41, 5.74) is 8.10. The second kappa shape index (κ2) is 10.7. The van der Waals surface area contributed by atoms with Crippen LogP contribution in [0, 0.1) is 5.92 Å². The molecule has 1 unspecified atom stereocenters. The lowest BCUT2D eigenvalue weighted by Gasteiger charge is -2.29. The molecule has 1 saturated carbocycles. The largest absolute Gasteiger partial charge is 0.354 e. The smallest absolute Gasteiger partial charge is 0.242 e. The Hall–Kier alpha value is -2.73. The number of rotatable bonds is 7. The van der Waals surface area contributed by atoms with Crippen LogP contribution in [0.2, 0.25) is 0 Å².